The van der Waals surface area contributed by atoms with Crippen LogP contribution in [0.5, 0.6) is 0 Å². The zero-order valence-electron chi connectivity index (χ0n) is 11.5. The number of carbonyl (C=O) groups excluding carboxylic acids is 1. The molecular weight excluding hydrogens is 214 g/mol. The van der Waals surface area contributed by atoms with Gasteiger partial charge in [-0.05, 0) is 51.4 Å². The predicted octanol–water partition coefficient (Wildman–Crippen LogP) is 0.690. The van der Waals surface area contributed by atoms with E-state index in [9.17, 15) is 4.79 Å². The van der Waals surface area contributed by atoms with Crippen LogP contribution in [0.1, 0.15) is 26.7 Å². The van der Waals surface area contributed by atoms with E-state index in [1.165, 1.54) is 12.8 Å². The van der Waals surface area contributed by atoms with Crippen molar-refractivity contribution in [1.82, 2.24) is 15.5 Å². The third-order valence-corrected chi connectivity index (χ3v) is 3.27. The van der Waals surface area contributed by atoms with Crippen molar-refractivity contribution in [1.29, 1.82) is 0 Å². The molecule has 1 rings (SSSR count). The minimum atomic E-state index is 0.172. The van der Waals surface area contributed by atoms with Gasteiger partial charge < -0.3 is 10.6 Å². The lowest BCUT2D eigenvalue weighted by Gasteiger charge is -2.31. The van der Waals surface area contributed by atoms with E-state index in [2.05, 4.69) is 29.4 Å². The molecule has 0 atom stereocenters. The maximum atomic E-state index is 11.7. The highest BCUT2D eigenvalue weighted by atomic mass is 16.2. The van der Waals surface area contributed by atoms with E-state index in [-0.39, 0.29) is 5.91 Å². The Morgan fingerprint density at radius 3 is 2.53 bits per heavy atom. The Hall–Kier alpha value is -0.610. The fourth-order valence-electron chi connectivity index (χ4n) is 2.21. The molecule has 0 unspecified atom stereocenters. The van der Waals surface area contributed by atoms with E-state index in [4.69, 9.17) is 0 Å². The number of carbonyl (C=O) groups is 1. The molecule has 0 aromatic carbocycles. The molecule has 1 aliphatic heterocycles. The summed E-state index contributed by atoms with van der Waals surface area (Å²) in [6.07, 6.45) is 2.41. The third-order valence-electron chi connectivity index (χ3n) is 3.27. The molecule has 17 heavy (non-hydrogen) atoms. The Bertz CT molecular complexity index is 223. The molecule has 0 spiro atoms. The van der Waals surface area contributed by atoms with Gasteiger partial charge in [-0.2, -0.15) is 0 Å². The van der Waals surface area contributed by atoms with E-state index >= 15 is 0 Å². The van der Waals surface area contributed by atoms with Crippen molar-refractivity contribution in [2.45, 2.75) is 26.7 Å². The average Bonchev–Trinajstić information content (AvgIpc) is 2.29. The Morgan fingerprint density at radius 1 is 1.35 bits per heavy atom. The summed E-state index contributed by atoms with van der Waals surface area (Å²) < 4.78 is 0. The summed E-state index contributed by atoms with van der Waals surface area (Å²) in [6, 6.07) is 0. The van der Waals surface area contributed by atoms with Crippen molar-refractivity contribution in [2.75, 3.05) is 39.8 Å². The van der Waals surface area contributed by atoms with Gasteiger partial charge in [0.25, 0.3) is 0 Å². The molecule has 1 aliphatic rings. The second-order valence-electron chi connectivity index (χ2n) is 5.48. The SMILES string of the molecule is CNCC1CCN(CC(=O)NCC(C)C)CC1. The number of amides is 1. The van der Waals surface area contributed by atoms with Crippen molar-refractivity contribution >= 4 is 5.91 Å². The van der Waals surface area contributed by atoms with Gasteiger partial charge >= 0.3 is 0 Å². The van der Waals surface area contributed by atoms with Gasteiger partial charge in [0.1, 0.15) is 0 Å². The molecule has 0 saturated carbocycles. The fourth-order valence-corrected chi connectivity index (χ4v) is 2.21. The minimum Gasteiger partial charge on any atom is -0.355 e. The molecule has 0 aliphatic carbocycles. The van der Waals surface area contributed by atoms with E-state index < -0.39 is 0 Å². The summed E-state index contributed by atoms with van der Waals surface area (Å²) in [6.45, 7) is 8.80. The lowest BCUT2D eigenvalue weighted by Crippen LogP contribution is -2.43. The average molecular weight is 241 g/mol. The summed E-state index contributed by atoms with van der Waals surface area (Å²) in [5.74, 6) is 1.49. The molecule has 1 amide bonds. The van der Waals surface area contributed by atoms with Gasteiger partial charge in [-0.1, -0.05) is 13.8 Å². The number of nitrogens with one attached hydrogen (secondary N) is 2. The molecule has 4 nitrogen and oxygen atoms in total. The zero-order valence-corrected chi connectivity index (χ0v) is 11.5. The fraction of sp³-hybridized carbons (Fsp3) is 0.923. The molecule has 4 heteroatoms. The summed E-state index contributed by atoms with van der Waals surface area (Å²) in [4.78, 5) is 13.9. The van der Waals surface area contributed by atoms with Crippen LogP contribution in [0.3, 0.4) is 0 Å². The summed E-state index contributed by atoms with van der Waals surface area (Å²) in [5, 5.41) is 6.20. The maximum absolute atomic E-state index is 11.7. The van der Waals surface area contributed by atoms with Gasteiger partial charge in [0.2, 0.25) is 5.91 Å². The van der Waals surface area contributed by atoms with E-state index in [1.807, 2.05) is 7.05 Å². The van der Waals surface area contributed by atoms with Crippen molar-refractivity contribution in [3.63, 3.8) is 0 Å². The van der Waals surface area contributed by atoms with Crippen LogP contribution in [0.4, 0.5) is 0 Å². The Balaban J connectivity index is 2.14. The first kappa shape index (κ1) is 14.5. The molecule has 0 aromatic rings. The highest BCUT2D eigenvalue weighted by Crippen LogP contribution is 2.15. The van der Waals surface area contributed by atoms with Gasteiger partial charge in [-0.25, -0.2) is 0 Å². The van der Waals surface area contributed by atoms with Crippen molar-refractivity contribution < 1.29 is 4.79 Å². The third kappa shape index (κ3) is 6.03. The van der Waals surface area contributed by atoms with Crippen LogP contribution in [0.15, 0.2) is 0 Å². The standard InChI is InChI=1S/C13H27N3O/c1-11(2)8-15-13(17)10-16-6-4-12(5-7-16)9-14-3/h11-12,14H,4-10H2,1-3H3,(H,15,17). The highest BCUT2D eigenvalue weighted by Gasteiger charge is 2.20. The molecule has 0 aromatic heterocycles. The van der Waals surface area contributed by atoms with Crippen LogP contribution in [-0.2, 0) is 4.79 Å². The first-order chi connectivity index (χ1) is 8.11. The Kier molecular flexibility index (Phi) is 6.52. The Morgan fingerprint density at radius 2 is 2.00 bits per heavy atom. The van der Waals surface area contributed by atoms with Crippen LogP contribution in [0, 0.1) is 11.8 Å². The Labute approximate surface area is 105 Å². The van der Waals surface area contributed by atoms with Crippen molar-refractivity contribution in [2.24, 2.45) is 11.8 Å². The predicted molar refractivity (Wildman–Crippen MR) is 70.9 cm³/mol. The highest BCUT2D eigenvalue weighted by molar-refractivity contribution is 5.77. The number of hydrogen-bond acceptors (Lipinski definition) is 3. The quantitative estimate of drug-likeness (QED) is 0.719. The number of rotatable bonds is 6. The van der Waals surface area contributed by atoms with E-state index in [1.54, 1.807) is 0 Å². The molecule has 100 valence electrons. The zero-order chi connectivity index (χ0) is 12.7. The van der Waals surface area contributed by atoms with Gasteiger partial charge in [0, 0.05) is 6.54 Å². The summed E-state index contributed by atoms with van der Waals surface area (Å²) in [7, 11) is 2.01. The van der Waals surface area contributed by atoms with E-state index in [0.717, 1.165) is 32.1 Å². The van der Waals surface area contributed by atoms with Gasteiger partial charge in [-0.3, -0.25) is 9.69 Å². The molecular formula is C13H27N3O. The molecule has 0 radical (unpaired) electrons. The monoisotopic (exact) mass is 241 g/mol. The number of likely N-dealkylation sites (tertiary alicyclic amines) is 1. The molecule has 2 N–H and O–H groups in total. The van der Waals surface area contributed by atoms with Crippen molar-refractivity contribution in [3.8, 4) is 0 Å². The van der Waals surface area contributed by atoms with Crippen molar-refractivity contribution in [3.05, 3.63) is 0 Å². The normalized spacial score (nSPS) is 18.6. The second kappa shape index (κ2) is 7.67. The van der Waals surface area contributed by atoms with Gasteiger partial charge in [-0.15, -0.1) is 0 Å². The largest absolute Gasteiger partial charge is 0.355 e. The second-order valence-corrected chi connectivity index (χ2v) is 5.48. The lowest BCUT2D eigenvalue weighted by atomic mass is 9.97. The lowest BCUT2D eigenvalue weighted by molar-refractivity contribution is -0.122. The van der Waals surface area contributed by atoms with Crippen LogP contribution in [0.2, 0.25) is 0 Å². The van der Waals surface area contributed by atoms with Gasteiger partial charge in [0.05, 0.1) is 6.54 Å². The van der Waals surface area contributed by atoms with Crippen LogP contribution in [0.25, 0.3) is 0 Å². The molecule has 1 fully saturated rings. The smallest absolute Gasteiger partial charge is 0.234 e. The number of piperidine rings is 1. The molecule has 0 bridgehead atoms. The topological polar surface area (TPSA) is 44.4 Å². The summed E-state index contributed by atoms with van der Waals surface area (Å²) >= 11 is 0. The molecule has 1 saturated heterocycles. The molecule has 1 heterocycles. The summed E-state index contributed by atoms with van der Waals surface area (Å²) in [5.41, 5.74) is 0. The maximum Gasteiger partial charge on any atom is 0.234 e. The van der Waals surface area contributed by atoms with Crippen LogP contribution in [-0.4, -0.2) is 50.6 Å². The number of nitrogens with zero attached hydrogens (tertiary/aromatic N) is 1. The number of hydrogen-bond donors (Lipinski definition) is 2. The van der Waals surface area contributed by atoms with E-state index in [0.29, 0.717) is 12.5 Å². The minimum absolute atomic E-state index is 0.172. The first-order valence-electron chi connectivity index (χ1n) is 6.75. The van der Waals surface area contributed by atoms with Crippen LogP contribution >= 0.6 is 0 Å². The van der Waals surface area contributed by atoms with Crippen LogP contribution < -0.4 is 10.6 Å². The van der Waals surface area contributed by atoms with Gasteiger partial charge in [0.15, 0.2) is 0 Å². The first-order valence-corrected chi connectivity index (χ1v) is 6.75.